The third-order valence-electron chi connectivity index (χ3n) is 3.66. The normalized spacial score (nSPS) is 12.4. The van der Waals surface area contributed by atoms with Crippen molar-refractivity contribution in [3.05, 3.63) is 68.0 Å². The Hall–Kier alpha value is -0.940. The molecule has 0 aromatic heterocycles. The fourth-order valence-corrected chi connectivity index (χ4v) is 3.44. The van der Waals surface area contributed by atoms with Crippen molar-refractivity contribution in [1.29, 1.82) is 0 Å². The first-order chi connectivity index (χ1) is 10.0. The van der Waals surface area contributed by atoms with Crippen LogP contribution in [0.15, 0.2) is 36.4 Å². The van der Waals surface area contributed by atoms with E-state index in [-0.39, 0.29) is 11.9 Å². The molecule has 112 valence electrons. The first kappa shape index (κ1) is 16.4. The zero-order chi connectivity index (χ0) is 15.4. The van der Waals surface area contributed by atoms with Crippen LogP contribution in [0.3, 0.4) is 0 Å². The van der Waals surface area contributed by atoms with E-state index in [9.17, 15) is 4.39 Å². The zero-order valence-corrected chi connectivity index (χ0v) is 14.9. The smallest absolute Gasteiger partial charge is 0.123 e. The third kappa shape index (κ3) is 3.83. The van der Waals surface area contributed by atoms with E-state index in [2.05, 4.69) is 53.0 Å². The Kier molecular flexibility index (Phi) is 5.76. The molecule has 0 aliphatic heterocycles. The molecular weight excluding hydrogens is 376 g/mol. The van der Waals surface area contributed by atoms with E-state index in [0.29, 0.717) is 0 Å². The molecule has 1 N–H and O–H groups in total. The Morgan fingerprint density at radius 2 is 1.76 bits per heavy atom. The van der Waals surface area contributed by atoms with Gasteiger partial charge in [0.15, 0.2) is 0 Å². The molecule has 0 spiro atoms. The number of benzene rings is 2. The lowest BCUT2D eigenvalue weighted by atomic mass is 9.91. The van der Waals surface area contributed by atoms with Crippen LogP contribution >= 0.6 is 22.6 Å². The molecule has 0 aliphatic carbocycles. The van der Waals surface area contributed by atoms with E-state index in [1.165, 1.54) is 14.7 Å². The van der Waals surface area contributed by atoms with Crippen molar-refractivity contribution >= 4 is 22.6 Å². The fourth-order valence-electron chi connectivity index (χ4n) is 2.74. The third-order valence-corrected chi connectivity index (χ3v) is 4.64. The van der Waals surface area contributed by atoms with Gasteiger partial charge in [0.05, 0.1) is 6.04 Å². The maximum Gasteiger partial charge on any atom is 0.123 e. The number of nitrogens with one attached hydrogen (secondary N) is 1. The largest absolute Gasteiger partial charge is 0.306 e. The van der Waals surface area contributed by atoms with Gasteiger partial charge in [-0.3, -0.25) is 0 Å². The summed E-state index contributed by atoms with van der Waals surface area (Å²) >= 11 is 2.37. The molecule has 0 bridgehead atoms. The molecule has 0 heterocycles. The fraction of sp³-hybridized carbons (Fsp3) is 0.333. The van der Waals surface area contributed by atoms with Gasteiger partial charge in [0, 0.05) is 3.57 Å². The molecule has 1 atom stereocenters. The molecule has 0 saturated carbocycles. The van der Waals surface area contributed by atoms with Gasteiger partial charge in [-0.05, 0) is 89.9 Å². The second-order valence-corrected chi connectivity index (χ2v) is 6.52. The highest BCUT2D eigenvalue weighted by atomic mass is 127. The maximum absolute atomic E-state index is 13.6. The van der Waals surface area contributed by atoms with Gasteiger partial charge in [-0.2, -0.15) is 0 Å². The molecule has 0 fully saturated rings. The summed E-state index contributed by atoms with van der Waals surface area (Å²) in [6, 6.07) is 11.7. The lowest BCUT2D eigenvalue weighted by molar-refractivity contribution is 0.585. The highest BCUT2D eigenvalue weighted by molar-refractivity contribution is 14.1. The Labute approximate surface area is 140 Å². The van der Waals surface area contributed by atoms with Gasteiger partial charge < -0.3 is 5.32 Å². The summed E-state index contributed by atoms with van der Waals surface area (Å²) in [5.74, 6) is -0.161. The molecule has 0 amide bonds. The minimum absolute atomic E-state index is 0.110. The number of rotatable bonds is 5. The van der Waals surface area contributed by atoms with E-state index < -0.39 is 0 Å². The molecule has 2 aromatic rings. The van der Waals surface area contributed by atoms with Gasteiger partial charge in [0.25, 0.3) is 0 Å². The predicted molar refractivity (Wildman–Crippen MR) is 95.2 cm³/mol. The molecule has 0 aliphatic rings. The van der Waals surface area contributed by atoms with Crippen molar-refractivity contribution in [1.82, 2.24) is 5.32 Å². The van der Waals surface area contributed by atoms with Crippen LogP contribution in [0.4, 0.5) is 4.39 Å². The van der Waals surface area contributed by atoms with Gasteiger partial charge in [-0.1, -0.05) is 25.1 Å². The van der Waals surface area contributed by atoms with Crippen molar-refractivity contribution < 1.29 is 4.39 Å². The second-order valence-electron chi connectivity index (χ2n) is 5.36. The quantitative estimate of drug-likeness (QED) is 0.690. The molecule has 0 saturated heterocycles. The van der Waals surface area contributed by atoms with Crippen molar-refractivity contribution in [3.63, 3.8) is 0 Å². The summed E-state index contributed by atoms with van der Waals surface area (Å²) in [5, 5.41) is 3.62. The van der Waals surface area contributed by atoms with Crippen LogP contribution in [0, 0.1) is 23.2 Å². The highest BCUT2D eigenvalue weighted by Crippen LogP contribution is 2.31. The van der Waals surface area contributed by atoms with Gasteiger partial charge in [0.2, 0.25) is 0 Å². The summed E-state index contributed by atoms with van der Waals surface area (Å²) in [4.78, 5) is 0. The van der Waals surface area contributed by atoms with Crippen molar-refractivity contribution in [3.8, 4) is 0 Å². The zero-order valence-electron chi connectivity index (χ0n) is 12.7. The number of halogens is 2. The monoisotopic (exact) mass is 397 g/mol. The maximum atomic E-state index is 13.6. The summed E-state index contributed by atoms with van der Waals surface area (Å²) in [6.45, 7) is 7.07. The topological polar surface area (TPSA) is 12.0 Å². The van der Waals surface area contributed by atoms with Gasteiger partial charge in [-0.15, -0.1) is 0 Å². The average molecular weight is 397 g/mol. The Balaban J connectivity index is 2.54. The molecule has 2 rings (SSSR count). The van der Waals surface area contributed by atoms with E-state index in [1.54, 1.807) is 12.1 Å². The Bertz CT molecular complexity index is 601. The number of hydrogen-bond donors (Lipinski definition) is 1. The number of hydrogen-bond acceptors (Lipinski definition) is 1. The van der Waals surface area contributed by atoms with Crippen LogP contribution in [-0.4, -0.2) is 6.54 Å². The highest BCUT2D eigenvalue weighted by Gasteiger charge is 2.20. The molecular formula is C18H21FIN. The summed E-state index contributed by atoms with van der Waals surface area (Å²) in [6.07, 6.45) is 1.07. The van der Waals surface area contributed by atoms with Gasteiger partial charge in [-0.25, -0.2) is 4.39 Å². The second kappa shape index (κ2) is 7.36. The molecule has 0 radical (unpaired) electrons. The van der Waals surface area contributed by atoms with Gasteiger partial charge >= 0.3 is 0 Å². The van der Waals surface area contributed by atoms with E-state index in [4.69, 9.17) is 0 Å². The van der Waals surface area contributed by atoms with Crippen molar-refractivity contribution in [2.45, 2.75) is 33.2 Å². The minimum Gasteiger partial charge on any atom is -0.306 e. The minimum atomic E-state index is -0.161. The van der Waals surface area contributed by atoms with Crippen molar-refractivity contribution in [2.24, 2.45) is 0 Å². The predicted octanol–water partition coefficient (Wildman–Crippen LogP) is 5.14. The van der Waals surface area contributed by atoms with E-state index >= 15 is 0 Å². The summed E-state index contributed by atoms with van der Waals surface area (Å²) in [5.41, 5.74) is 4.44. The van der Waals surface area contributed by atoms with E-state index in [0.717, 1.165) is 24.1 Å². The average Bonchev–Trinajstić information content (AvgIpc) is 2.42. The van der Waals surface area contributed by atoms with Crippen LogP contribution in [0.1, 0.15) is 41.6 Å². The standard InChI is InChI=1S/C18H21FIN/c1-4-9-21-18(15-7-5-6-8-16(15)20)17-12(2)10-14(19)11-13(17)3/h5-8,10-11,18,21H,4,9H2,1-3H3. The molecule has 21 heavy (non-hydrogen) atoms. The Morgan fingerprint density at radius 1 is 1.14 bits per heavy atom. The van der Waals surface area contributed by atoms with Crippen LogP contribution in [0.2, 0.25) is 0 Å². The molecule has 2 aromatic carbocycles. The first-order valence-electron chi connectivity index (χ1n) is 7.29. The van der Waals surface area contributed by atoms with Gasteiger partial charge in [0.1, 0.15) is 5.82 Å². The Morgan fingerprint density at radius 3 is 2.33 bits per heavy atom. The lowest BCUT2D eigenvalue weighted by Gasteiger charge is -2.24. The van der Waals surface area contributed by atoms with Crippen LogP contribution in [-0.2, 0) is 0 Å². The van der Waals surface area contributed by atoms with E-state index in [1.807, 2.05) is 19.9 Å². The first-order valence-corrected chi connectivity index (χ1v) is 8.37. The molecule has 3 heteroatoms. The van der Waals surface area contributed by atoms with Crippen LogP contribution in [0.25, 0.3) is 0 Å². The SMILES string of the molecule is CCCNC(c1ccccc1I)c1c(C)cc(F)cc1C. The summed E-state index contributed by atoms with van der Waals surface area (Å²) in [7, 11) is 0. The van der Waals surface area contributed by atoms with Crippen LogP contribution in [0.5, 0.6) is 0 Å². The number of aryl methyl sites for hydroxylation is 2. The lowest BCUT2D eigenvalue weighted by Crippen LogP contribution is -2.25. The van der Waals surface area contributed by atoms with Crippen molar-refractivity contribution in [2.75, 3.05) is 6.54 Å². The molecule has 1 nitrogen and oxygen atoms in total. The van der Waals surface area contributed by atoms with Crippen LogP contribution < -0.4 is 5.32 Å². The summed E-state index contributed by atoms with van der Waals surface area (Å²) < 4.78 is 14.8. The molecule has 1 unspecified atom stereocenters.